The molecule has 1 fully saturated rings. The van der Waals surface area contributed by atoms with Gasteiger partial charge in [0.1, 0.15) is 17.6 Å². The summed E-state index contributed by atoms with van der Waals surface area (Å²) in [5.74, 6) is 1.52. The Labute approximate surface area is 101 Å². The Morgan fingerprint density at radius 1 is 0.941 bits per heavy atom. The van der Waals surface area contributed by atoms with Crippen LogP contribution in [0.3, 0.4) is 0 Å². The van der Waals surface area contributed by atoms with Gasteiger partial charge in [-0.3, -0.25) is 0 Å². The molecule has 17 heavy (non-hydrogen) atoms. The van der Waals surface area contributed by atoms with Crippen LogP contribution in [-0.2, 0) is 9.47 Å². The SMILES string of the molecule is COc1cc(OC)cc([C@H]2O[C@@H](C)O[C@@H]2C)c1. The summed E-state index contributed by atoms with van der Waals surface area (Å²) >= 11 is 0. The van der Waals surface area contributed by atoms with Gasteiger partial charge in [-0.15, -0.1) is 0 Å². The van der Waals surface area contributed by atoms with E-state index >= 15 is 0 Å². The van der Waals surface area contributed by atoms with Crippen LogP contribution >= 0.6 is 0 Å². The van der Waals surface area contributed by atoms with Crippen LogP contribution in [0.1, 0.15) is 25.5 Å². The number of rotatable bonds is 3. The van der Waals surface area contributed by atoms with Crippen LogP contribution in [0.2, 0.25) is 0 Å². The van der Waals surface area contributed by atoms with Gasteiger partial charge in [-0.1, -0.05) is 0 Å². The van der Waals surface area contributed by atoms with Crippen molar-refractivity contribution >= 4 is 0 Å². The third-order valence-electron chi connectivity index (χ3n) is 2.87. The van der Waals surface area contributed by atoms with Crippen LogP contribution in [-0.4, -0.2) is 26.6 Å². The van der Waals surface area contributed by atoms with Crippen LogP contribution in [0.15, 0.2) is 18.2 Å². The zero-order valence-corrected chi connectivity index (χ0v) is 10.6. The molecule has 0 unspecified atom stereocenters. The maximum atomic E-state index is 5.73. The fraction of sp³-hybridized carbons (Fsp3) is 0.538. The summed E-state index contributed by atoms with van der Waals surface area (Å²) in [5, 5.41) is 0. The smallest absolute Gasteiger partial charge is 0.156 e. The third kappa shape index (κ3) is 2.53. The van der Waals surface area contributed by atoms with Gasteiger partial charge >= 0.3 is 0 Å². The molecule has 4 nitrogen and oxygen atoms in total. The average molecular weight is 238 g/mol. The van der Waals surface area contributed by atoms with Crippen LogP contribution < -0.4 is 9.47 Å². The highest BCUT2D eigenvalue weighted by molar-refractivity contribution is 5.39. The molecule has 0 spiro atoms. The van der Waals surface area contributed by atoms with Crippen molar-refractivity contribution < 1.29 is 18.9 Å². The first-order chi connectivity index (χ1) is 8.13. The summed E-state index contributed by atoms with van der Waals surface area (Å²) in [6, 6.07) is 5.74. The zero-order chi connectivity index (χ0) is 12.4. The van der Waals surface area contributed by atoms with Gasteiger partial charge in [0.15, 0.2) is 6.29 Å². The Hall–Kier alpha value is -1.26. The Balaban J connectivity index is 2.31. The molecule has 0 aliphatic carbocycles. The van der Waals surface area contributed by atoms with E-state index in [9.17, 15) is 0 Å². The predicted molar refractivity (Wildman–Crippen MR) is 63.4 cm³/mol. The molecule has 94 valence electrons. The van der Waals surface area contributed by atoms with Crippen molar-refractivity contribution in [2.24, 2.45) is 0 Å². The fourth-order valence-electron chi connectivity index (χ4n) is 2.07. The Morgan fingerprint density at radius 3 is 1.94 bits per heavy atom. The monoisotopic (exact) mass is 238 g/mol. The van der Waals surface area contributed by atoms with Crippen LogP contribution in [0.25, 0.3) is 0 Å². The summed E-state index contributed by atoms with van der Waals surface area (Å²) in [6.07, 6.45) is -0.219. The largest absolute Gasteiger partial charge is 0.497 e. The molecule has 4 heteroatoms. The number of benzene rings is 1. The molecular weight excluding hydrogens is 220 g/mol. The van der Waals surface area contributed by atoms with Crippen molar-refractivity contribution in [2.45, 2.75) is 32.3 Å². The summed E-state index contributed by atoms with van der Waals surface area (Å²) in [7, 11) is 3.27. The molecule has 0 N–H and O–H groups in total. The van der Waals surface area contributed by atoms with E-state index in [1.807, 2.05) is 32.0 Å². The van der Waals surface area contributed by atoms with Gasteiger partial charge in [-0.25, -0.2) is 0 Å². The second-order valence-corrected chi connectivity index (χ2v) is 4.11. The summed E-state index contributed by atoms with van der Waals surface area (Å²) in [6.45, 7) is 3.90. The van der Waals surface area contributed by atoms with Crippen molar-refractivity contribution in [3.05, 3.63) is 23.8 Å². The standard InChI is InChI=1S/C13H18O4/c1-8-13(17-9(2)16-8)10-5-11(14-3)7-12(6-10)15-4/h5-9,13H,1-4H3/t8-,9+,13+/m1/s1. The minimum atomic E-state index is -0.174. The van der Waals surface area contributed by atoms with Gasteiger partial charge in [0.25, 0.3) is 0 Å². The molecule has 1 saturated heterocycles. The van der Waals surface area contributed by atoms with Gasteiger partial charge in [0.05, 0.1) is 20.3 Å². The number of hydrogen-bond acceptors (Lipinski definition) is 4. The lowest BCUT2D eigenvalue weighted by atomic mass is 10.0. The summed E-state index contributed by atoms with van der Waals surface area (Å²) < 4.78 is 21.8. The van der Waals surface area contributed by atoms with Crippen molar-refractivity contribution in [1.82, 2.24) is 0 Å². The van der Waals surface area contributed by atoms with Crippen LogP contribution in [0, 0.1) is 0 Å². The van der Waals surface area contributed by atoms with Crippen LogP contribution in [0.4, 0.5) is 0 Å². The Kier molecular flexibility index (Phi) is 3.54. The summed E-state index contributed by atoms with van der Waals surface area (Å²) in [5.41, 5.74) is 1.01. The minimum absolute atomic E-state index is 0.0295. The van der Waals surface area contributed by atoms with E-state index in [0.29, 0.717) is 0 Å². The number of methoxy groups -OCH3 is 2. The lowest BCUT2D eigenvalue weighted by Crippen LogP contribution is -2.10. The van der Waals surface area contributed by atoms with Gasteiger partial charge in [0, 0.05) is 6.07 Å². The highest BCUT2D eigenvalue weighted by Gasteiger charge is 2.32. The quantitative estimate of drug-likeness (QED) is 0.810. The lowest BCUT2D eigenvalue weighted by molar-refractivity contribution is -0.0495. The molecule has 1 aliphatic rings. The first-order valence-corrected chi connectivity index (χ1v) is 5.68. The van der Waals surface area contributed by atoms with E-state index in [4.69, 9.17) is 18.9 Å². The van der Waals surface area contributed by atoms with Gasteiger partial charge < -0.3 is 18.9 Å². The molecule has 0 aromatic heterocycles. The van der Waals surface area contributed by atoms with E-state index in [-0.39, 0.29) is 18.5 Å². The van der Waals surface area contributed by atoms with Gasteiger partial charge in [-0.05, 0) is 31.5 Å². The molecule has 1 aromatic rings. The second-order valence-electron chi connectivity index (χ2n) is 4.11. The first-order valence-electron chi connectivity index (χ1n) is 5.68. The first kappa shape index (κ1) is 12.2. The molecule has 0 saturated carbocycles. The van der Waals surface area contributed by atoms with E-state index in [2.05, 4.69) is 0 Å². The van der Waals surface area contributed by atoms with Crippen molar-refractivity contribution in [3.8, 4) is 11.5 Å². The molecule has 0 bridgehead atoms. The fourth-order valence-corrected chi connectivity index (χ4v) is 2.07. The molecule has 2 rings (SSSR count). The highest BCUT2D eigenvalue weighted by atomic mass is 16.7. The van der Waals surface area contributed by atoms with Crippen molar-refractivity contribution in [2.75, 3.05) is 14.2 Å². The second kappa shape index (κ2) is 4.94. The number of hydrogen-bond donors (Lipinski definition) is 0. The van der Waals surface area contributed by atoms with Gasteiger partial charge in [-0.2, -0.15) is 0 Å². The predicted octanol–water partition coefficient (Wildman–Crippen LogP) is 2.53. The molecule has 1 heterocycles. The van der Waals surface area contributed by atoms with Gasteiger partial charge in [0.2, 0.25) is 0 Å². The molecule has 1 aliphatic heterocycles. The van der Waals surface area contributed by atoms with Crippen molar-refractivity contribution in [1.29, 1.82) is 0 Å². The van der Waals surface area contributed by atoms with E-state index in [1.165, 1.54) is 0 Å². The number of ether oxygens (including phenoxy) is 4. The molecular formula is C13H18O4. The Morgan fingerprint density at radius 2 is 1.53 bits per heavy atom. The molecule has 0 amide bonds. The molecule has 3 atom stereocenters. The highest BCUT2D eigenvalue weighted by Crippen LogP contribution is 2.35. The average Bonchev–Trinajstić information content (AvgIpc) is 2.67. The van der Waals surface area contributed by atoms with Crippen molar-refractivity contribution in [3.63, 3.8) is 0 Å². The minimum Gasteiger partial charge on any atom is -0.497 e. The molecule has 1 aromatic carbocycles. The Bertz CT molecular complexity index is 369. The topological polar surface area (TPSA) is 36.9 Å². The van der Waals surface area contributed by atoms with E-state index in [1.54, 1.807) is 14.2 Å². The molecule has 0 radical (unpaired) electrons. The maximum absolute atomic E-state index is 5.73. The summed E-state index contributed by atoms with van der Waals surface area (Å²) in [4.78, 5) is 0. The van der Waals surface area contributed by atoms with E-state index in [0.717, 1.165) is 17.1 Å². The third-order valence-corrected chi connectivity index (χ3v) is 2.87. The zero-order valence-electron chi connectivity index (χ0n) is 10.6. The lowest BCUT2D eigenvalue weighted by Gasteiger charge is -2.15. The maximum Gasteiger partial charge on any atom is 0.156 e. The van der Waals surface area contributed by atoms with E-state index < -0.39 is 0 Å². The van der Waals surface area contributed by atoms with Crippen LogP contribution in [0.5, 0.6) is 11.5 Å². The normalized spacial score (nSPS) is 28.1.